The summed E-state index contributed by atoms with van der Waals surface area (Å²) in [6.45, 7) is 11.5. The first-order valence-electron chi connectivity index (χ1n) is 8.40. The van der Waals surface area contributed by atoms with Crippen LogP contribution in [0.2, 0.25) is 0 Å². The molecule has 0 radical (unpaired) electrons. The molecule has 0 saturated carbocycles. The van der Waals surface area contributed by atoms with E-state index in [2.05, 4.69) is 24.3 Å². The van der Waals surface area contributed by atoms with Crippen molar-refractivity contribution in [2.45, 2.75) is 65.1 Å². The highest BCUT2D eigenvalue weighted by Crippen LogP contribution is 2.22. The van der Waals surface area contributed by atoms with Gasteiger partial charge in [-0.25, -0.2) is 4.79 Å². The lowest BCUT2D eigenvalue weighted by molar-refractivity contribution is 0.0225. The van der Waals surface area contributed by atoms with E-state index in [0.717, 1.165) is 25.9 Å². The Bertz CT molecular complexity index is 547. The number of ether oxygens (including phenoxy) is 1. The minimum atomic E-state index is -0.447. The van der Waals surface area contributed by atoms with E-state index in [0.29, 0.717) is 0 Å². The monoisotopic (exact) mass is 322 g/mol. The molecule has 130 valence electrons. The average Bonchev–Trinajstić information content (AvgIpc) is 3.02. The first-order valence-corrected chi connectivity index (χ1v) is 8.40. The molecule has 1 aliphatic heterocycles. The lowest BCUT2D eigenvalue weighted by Gasteiger charge is -2.29. The zero-order chi connectivity index (χ0) is 17.2. The van der Waals surface area contributed by atoms with Gasteiger partial charge in [0.05, 0.1) is 6.20 Å². The summed E-state index contributed by atoms with van der Waals surface area (Å²) < 4.78 is 7.40. The number of likely N-dealkylation sites (tertiary alicyclic amines) is 1. The van der Waals surface area contributed by atoms with Gasteiger partial charge in [-0.2, -0.15) is 5.10 Å². The van der Waals surface area contributed by atoms with Crippen LogP contribution in [0.4, 0.5) is 4.79 Å². The number of rotatable bonds is 4. The van der Waals surface area contributed by atoms with Crippen molar-refractivity contribution in [2.75, 3.05) is 13.1 Å². The quantitative estimate of drug-likeness (QED) is 0.926. The molecule has 23 heavy (non-hydrogen) atoms. The third-order valence-corrected chi connectivity index (χ3v) is 4.40. The lowest BCUT2D eigenvalue weighted by Crippen LogP contribution is -2.44. The molecular formula is C17H30N4O2. The Hall–Kier alpha value is -1.56. The van der Waals surface area contributed by atoms with Gasteiger partial charge in [0.25, 0.3) is 0 Å². The number of carbonyl (C=O) groups is 1. The second-order valence-corrected chi connectivity index (χ2v) is 7.41. The normalized spacial score (nSPS) is 19.9. The molecule has 0 aromatic carbocycles. The summed E-state index contributed by atoms with van der Waals surface area (Å²) in [6.07, 6.45) is 3.76. The largest absolute Gasteiger partial charge is 0.444 e. The van der Waals surface area contributed by atoms with E-state index in [1.54, 1.807) is 0 Å². The smallest absolute Gasteiger partial charge is 0.410 e. The van der Waals surface area contributed by atoms with Gasteiger partial charge in [-0.3, -0.25) is 4.68 Å². The van der Waals surface area contributed by atoms with Crippen LogP contribution in [-0.2, 0) is 11.8 Å². The maximum Gasteiger partial charge on any atom is 0.410 e. The van der Waals surface area contributed by atoms with Crippen LogP contribution in [0.25, 0.3) is 0 Å². The van der Waals surface area contributed by atoms with Crippen LogP contribution in [0.5, 0.6) is 0 Å². The summed E-state index contributed by atoms with van der Waals surface area (Å²) >= 11 is 0. The van der Waals surface area contributed by atoms with Crippen LogP contribution >= 0.6 is 0 Å². The van der Waals surface area contributed by atoms with Crippen LogP contribution in [0.15, 0.2) is 6.20 Å². The van der Waals surface area contributed by atoms with Crippen LogP contribution in [0.1, 0.15) is 57.8 Å². The SMILES string of the molecule is Cc1c(C(C)NCC2CCCN2C(=O)OC(C)(C)C)cnn1C. The van der Waals surface area contributed by atoms with E-state index in [-0.39, 0.29) is 18.2 Å². The maximum absolute atomic E-state index is 12.3. The molecule has 0 aliphatic carbocycles. The number of nitrogens with zero attached hydrogens (tertiary/aromatic N) is 3. The highest BCUT2D eigenvalue weighted by Gasteiger charge is 2.32. The first-order chi connectivity index (χ1) is 10.7. The van der Waals surface area contributed by atoms with Crippen LogP contribution in [0.3, 0.4) is 0 Å². The number of aryl methyl sites for hydroxylation is 1. The highest BCUT2D eigenvalue weighted by molar-refractivity contribution is 5.69. The van der Waals surface area contributed by atoms with Gasteiger partial charge >= 0.3 is 6.09 Å². The van der Waals surface area contributed by atoms with Gasteiger partial charge in [0.1, 0.15) is 5.60 Å². The van der Waals surface area contributed by atoms with Crippen LogP contribution < -0.4 is 5.32 Å². The second-order valence-electron chi connectivity index (χ2n) is 7.41. The fourth-order valence-corrected chi connectivity index (χ4v) is 2.97. The summed E-state index contributed by atoms with van der Waals surface area (Å²) in [5, 5.41) is 7.83. The predicted octanol–water partition coefficient (Wildman–Crippen LogP) is 2.78. The van der Waals surface area contributed by atoms with Crippen molar-refractivity contribution in [3.05, 3.63) is 17.5 Å². The molecule has 6 heteroatoms. The number of hydrogen-bond donors (Lipinski definition) is 1. The molecule has 1 saturated heterocycles. The van der Waals surface area contributed by atoms with Gasteiger partial charge in [-0.1, -0.05) is 0 Å². The number of amides is 1. The Morgan fingerprint density at radius 1 is 1.52 bits per heavy atom. The Kier molecular flexibility index (Phi) is 5.34. The number of aromatic nitrogens is 2. The molecule has 2 atom stereocenters. The summed E-state index contributed by atoms with van der Waals surface area (Å²) in [4.78, 5) is 14.2. The van der Waals surface area contributed by atoms with Crippen molar-refractivity contribution in [3.8, 4) is 0 Å². The van der Waals surface area contributed by atoms with Crippen LogP contribution in [-0.4, -0.2) is 45.5 Å². The van der Waals surface area contributed by atoms with E-state index in [4.69, 9.17) is 4.74 Å². The zero-order valence-corrected chi connectivity index (χ0v) is 15.2. The Morgan fingerprint density at radius 3 is 2.78 bits per heavy atom. The van der Waals surface area contributed by atoms with Crippen LogP contribution in [0, 0.1) is 6.92 Å². The summed E-state index contributed by atoms with van der Waals surface area (Å²) in [5.41, 5.74) is 1.92. The number of hydrogen-bond acceptors (Lipinski definition) is 4. The minimum Gasteiger partial charge on any atom is -0.444 e. The fraction of sp³-hybridized carbons (Fsp3) is 0.765. The molecule has 2 heterocycles. The van der Waals surface area contributed by atoms with Gasteiger partial charge < -0.3 is 15.0 Å². The van der Waals surface area contributed by atoms with Crippen molar-refractivity contribution >= 4 is 6.09 Å². The zero-order valence-electron chi connectivity index (χ0n) is 15.2. The minimum absolute atomic E-state index is 0.198. The Balaban J connectivity index is 1.91. The second kappa shape index (κ2) is 6.91. The third kappa shape index (κ3) is 4.47. The topological polar surface area (TPSA) is 59.4 Å². The molecule has 1 amide bonds. The van der Waals surface area contributed by atoms with Crippen molar-refractivity contribution < 1.29 is 9.53 Å². The van der Waals surface area contributed by atoms with E-state index < -0.39 is 5.60 Å². The molecule has 1 aromatic rings. The summed E-state index contributed by atoms with van der Waals surface area (Å²) in [5.74, 6) is 0. The Morgan fingerprint density at radius 2 is 2.22 bits per heavy atom. The van der Waals surface area contributed by atoms with Gasteiger partial charge in [0.15, 0.2) is 0 Å². The lowest BCUT2D eigenvalue weighted by atomic mass is 10.1. The summed E-state index contributed by atoms with van der Waals surface area (Å²) in [6, 6.07) is 0.411. The maximum atomic E-state index is 12.3. The molecule has 1 aliphatic rings. The summed E-state index contributed by atoms with van der Waals surface area (Å²) in [7, 11) is 1.95. The van der Waals surface area contributed by atoms with Gasteiger partial charge in [0, 0.05) is 43.5 Å². The molecule has 2 unspecified atom stereocenters. The van der Waals surface area contributed by atoms with Gasteiger partial charge in [0.2, 0.25) is 0 Å². The molecule has 1 N–H and O–H groups in total. The van der Waals surface area contributed by atoms with Gasteiger partial charge in [-0.05, 0) is 47.5 Å². The molecule has 1 aromatic heterocycles. The fourth-order valence-electron chi connectivity index (χ4n) is 2.97. The molecule has 0 bridgehead atoms. The highest BCUT2D eigenvalue weighted by atomic mass is 16.6. The van der Waals surface area contributed by atoms with E-state index in [9.17, 15) is 4.79 Å². The molecule has 0 spiro atoms. The molecule has 1 fully saturated rings. The van der Waals surface area contributed by atoms with E-state index in [1.807, 2.05) is 43.6 Å². The molecule has 2 rings (SSSR count). The number of nitrogens with one attached hydrogen (secondary N) is 1. The molecular weight excluding hydrogens is 292 g/mol. The third-order valence-electron chi connectivity index (χ3n) is 4.40. The van der Waals surface area contributed by atoms with Crippen molar-refractivity contribution in [1.29, 1.82) is 0 Å². The van der Waals surface area contributed by atoms with E-state index in [1.165, 1.54) is 11.3 Å². The first kappa shape index (κ1) is 17.8. The number of carbonyl (C=O) groups excluding carboxylic acids is 1. The van der Waals surface area contributed by atoms with Crippen molar-refractivity contribution in [2.24, 2.45) is 7.05 Å². The Labute approximate surface area is 139 Å². The van der Waals surface area contributed by atoms with Gasteiger partial charge in [-0.15, -0.1) is 0 Å². The standard InChI is InChI=1S/C17H30N4O2/c1-12(15-11-19-20(6)13(15)2)18-10-14-8-7-9-21(14)16(22)23-17(3,4)5/h11-12,14,18H,7-10H2,1-6H3. The molecule has 6 nitrogen and oxygen atoms in total. The van der Waals surface area contributed by atoms with Crippen molar-refractivity contribution in [1.82, 2.24) is 20.0 Å². The predicted molar refractivity (Wildman–Crippen MR) is 90.3 cm³/mol. The van der Waals surface area contributed by atoms with Crippen molar-refractivity contribution in [3.63, 3.8) is 0 Å². The van der Waals surface area contributed by atoms with E-state index >= 15 is 0 Å². The average molecular weight is 322 g/mol.